The Kier molecular flexibility index (Phi) is 7.82. The van der Waals surface area contributed by atoms with Crippen LogP contribution in [0.4, 0.5) is 0 Å². The predicted octanol–water partition coefficient (Wildman–Crippen LogP) is 14.5. The number of rotatable bonds is 6. The molecule has 280 valence electrons. The van der Waals surface area contributed by atoms with Crippen molar-refractivity contribution in [2.45, 2.75) is 0 Å². The minimum atomic E-state index is 0.698. The van der Waals surface area contributed by atoms with Gasteiger partial charge in [-0.15, -0.1) is 0 Å². The van der Waals surface area contributed by atoms with E-state index in [1.54, 1.807) is 0 Å². The van der Waals surface area contributed by atoms with E-state index in [-0.39, 0.29) is 0 Å². The highest BCUT2D eigenvalue weighted by molar-refractivity contribution is 6.29. The summed E-state index contributed by atoms with van der Waals surface area (Å²) >= 11 is 0. The zero-order valence-corrected chi connectivity index (χ0v) is 32.6. The Labute approximate surface area is 346 Å². The van der Waals surface area contributed by atoms with Crippen molar-refractivity contribution in [3.8, 4) is 56.3 Å². The van der Waals surface area contributed by atoms with Crippen LogP contribution in [0.1, 0.15) is 0 Å². The van der Waals surface area contributed by atoms with Crippen molar-refractivity contribution in [2.24, 2.45) is 0 Å². The van der Waals surface area contributed by atoms with Gasteiger partial charge in [-0.3, -0.25) is 0 Å². The van der Waals surface area contributed by atoms with E-state index < -0.39 is 0 Å². The minimum Gasteiger partial charge on any atom is -0.309 e. The molecule has 3 aromatic heterocycles. The lowest BCUT2D eigenvalue weighted by Crippen LogP contribution is -1.99. The summed E-state index contributed by atoms with van der Waals surface area (Å²) in [5.41, 5.74) is 15.4. The first-order valence-electron chi connectivity index (χ1n) is 20.4. The van der Waals surface area contributed by atoms with Crippen molar-refractivity contribution >= 4 is 54.5 Å². The molecular formula is C56H36N4. The first-order chi connectivity index (χ1) is 29.8. The fourth-order valence-electron chi connectivity index (χ4n) is 9.18. The molecule has 0 aliphatic carbocycles. The summed E-state index contributed by atoms with van der Waals surface area (Å²) in [6.07, 6.45) is 0. The molecule has 3 heterocycles. The molecule has 0 radical (unpaired) electrons. The second kappa shape index (κ2) is 13.8. The molecule has 9 aromatic carbocycles. The van der Waals surface area contributed by atoms with E-state index in [9.17, 15) is 0 Å². The number of aromatic nitrogens is 4. The Morgan fingerprint density at radius 2 is 0.783 bits per heavy atom. The van der Waals surface area contributed by atoms with E-state index in [0.717, 1.165) is 61.3 Å². The Morgan fingerprint density at radius 1 is 0.283 bits per heavy atom. The van der Waals surface area contributed by atoms with Crippen LogP contribution < -0.4 is 0 Å². The molecule has 0 aliphatic rings. The SMILES string of the molecule is c1ccc(-c2ccc(-c3nc(-c4cccc(-c5ccccc5)c4)c4cc(-n5c6ccccc6c6c7c8ccccc8n(-c8ccccc8)c7ccc65)ccc4n3)cc2)cc1. The van der Waals surface area contributed by atoms with Crippen molar-refractivity contribution in [3.05, 3.63) is 218 Å². The lowest BCUT2D eigenvalue weighted by Gasteiger charge is -2.14. The lowest BCUT2D eigenvalue weighted by molar-refractivity contribution is 1.17. The molecule has 4 heteroatoms. The van der Waals surface area contributed by atoms with E-state index in [0.29, 0.717) is 5.82 Å². The third-order valence-corrected chi connectivity index (χ3v) is 11.9. The number of para-hydroxylation sites is 3. The maximum Gasteiger partial charge on any atom is 0.160 e. The zero-order valence-electron chi connectivity index (χ0n) is 32.6. The second-order valence-electron chi connectivity index (χ2n) is 15.4. The lowest BCUT2D eigenvalue weighted by atomic mass is 9.99. The summed E-state index contributed by atoms with van der Waals surface area (Å²) in [7, 11) is 0. The van der Waals surface area contributed by atoms with E-state index in [1.807, 2.05) is 6.07 Å². The van der Waals surface area contributed by atoms with Crippen molar-refractivity contribution in [3.63, 3.8) is 0 Å². The summed E-state index contributed by atoms with van der Waals surface area (Å²) in [5.74, 6) is 0.698. The number of benzene rings is 9. The highest BCUT2D eigenvalue weighted by atomic mass is 15.0. The van der Waals surface area contributed by atoms with E-state index in [1.165, 1.54) is 43.7 Å². The molecule has 0 saturated heterocycles. The topological polar surface area (TPSA) is 35.6 Å². The molecule has 0 aliphatic heterocycles. The van der Waals surface area contributed by atoms with Gasteiger partial charge in [-0.1, -0.05) is 158 Å². The van der Waals surface area contributed by atoms with Crippen molar-refractivity contribution in [1.82, 2.24) is 19.1 Å². The van der Waals surface area contributed by atoms with E-state index in [4.69, 9.17) is 9.97 Å². The third-order valence-electron chi connectivity index (χ3n) is 11.9. The average molecular weight is 765 g/mol. The zero-order chi connectivity index (χ0) is 39.6. The maximum absolute atomic E-state index is 5.41. The third kappa shape index (κ3) is 5.46. The minimum absolute atomic E-state index is 0.698. The molecule has 0 fully saturated rings. The summed E-state index contributed by atoms with van der Waals surface area (Å²) in [5, 5.41) is 5.95. The molecule has 0 amide bonds. The first kappa shape index (κ1) is 34.0. The first-order valence-corrected chi connectivity index (χ1v) is 20.4. The van der Waals surface area contributed by atoms with Gasteiger partial charge in [0.15, 0.2) is 5.82 Å². The fourth-order valence-corrected chi connectivity index (χ4v) is 9.18. The molecule has 0 spiro atoms. The molecule has 60 heavy (non-hydrogen) atoms. The van der Waals surface area contributed by atoms with Gasteiger partial charge in [-0.2, -0.15) is 0 Å². The Hall–Kier alpha value is -8.08. The van der Waals surface area contributed by atoms with Crippen molar-refractivity contribution in [1.29, 1.82) is 0 Å². The van der Waals surface area contributed by atoms with Gasteiger partial charge in [-0.05, 0) is 82.9 Å². The van der Waals surface area contributed by atoms with Crippen LogP contribution >= 0.6 is 0 Å². The molecule has 0 saturated carbocycles. The quantitative estimate of drug-likeness (QED) is 0.169. The van der Waals surface area contributed by atoms with Crippen LogP contribution in [0.25, 0.3) is 111 Å². The van der Waals surface area contributed by atoms with Gasteiger partial charge in [0.1, 0.15) is 0 Å². The number of nitrogens with zero attached hydrogens (tertiary/aromatic N) is 4. The molecule has 12 aromatic rings. The summed E-state index contributed by atoms with van der Waals surface area (Å²) in [6, 6.07) is 77.9. The van der Waals surface area contributed by atoms with Gasteiger partial charge in [0.25, 0.3) is 0 Å². The molecule has 4 nitrogen and oxygen atoms in total. The number of fused-ring (bicyclic) bond motifs is 8. The van der Waals surface area contributed by atoms with Crippen LogP contribution in [0.2, 0.25) is 0 Å². The van der Waals surface area contributed by atoms with Crippen LogP contribution in [0, 0.1) is 0 Å². The standard InChI is InChI=1S/C56H36N4/c1-4-15-37(16-5-1)39-27-29-40(30-28-39)56-57-48-32-31-44(36-47(48)55(58-56)42-20-14-19-41(35-42)38-17-6-2-7-18-38)60-50-26-13-11-24-46(50)54-52(60)34-33-51-53(54)45-23-10-12-25-49(45)59(51)43-21-8-3-9-22-43/h1-36H. The Balaban J connectivity index is 1.09. The van der Waals surface area contributed by atoms with Gasteiger partial charge < -0.3 is 9.13 Å². The van der Waals surface area contributed by atoms with Crippen LogP contribution in [-0.4, -0.2) is 19.1 Å². The average Bonchev–Trinajstić information content (AvgIpc) is 3.85. The fraction of sp³-hybridized carbons (Fsp3) is 0. The molecule has 12 rings (SSSR count). The Morgan fingerprint density at radius 3 is 1.43 bits per heavy atom. The van der Waals surface area contributed by atoms with E-state index >= 15 is 0 Å². The monoisotopic (exact) mass is 764 g/mol. The summed E-state index contributed by atoms with van der Waals surface area (Å²) < 4.78 is 4.81. The molecular weight excluding hydrogens is 729 g/mol. The van der Waals surface area contributed by atoms with E-state index in [2.05, 4.69) is 221 Å². The molecule has 0 bridgehead atoms. The summed E-state index contributed by atoms with van der Waals surface area (Å²) in [4.78, 5) is 10.7. The normalized spacial score (nSPS) is 11.7. The van der Waals surface area contributed by atoms with Crippen LogP contribution in [0.3, 0.4) is 0 Å². The van der Waals surface area contributed by atoms with Crippen molar-refractivity contribution < 1.29 is 0 Å². The smallest absolute Gasteiger partial charge is 0.160 e. The predicted molar refractivity (Wildman–Crippen MR) is 250 cm³/mol. The van der Waals surface area contributed by atoms with Gasteiger partial charge in [0, 0.05) is 49.4 Å². The summed E-state index contributed by atoms with van der Waals surface area (Å²) in [6.45, 7) is 0. The van der Waals surface area contributed by atoms with Crippen LogP contribution in [-0.2, 0) is 0 Å². The largest absolute Gasteiger partial charge is 0.309 e. The number of hydrogen-bond acceptors (Lipinski definition) is 2. The van der Waals surface area contributed by atoms with Gasteiger partial charge in [-0.25, -0.2) is 9.97 Å². The second-order valence-corrected chi connectivity index (χ2v) is 15.4. The molecule has 0 atom stereocenters. The van der Waals surface area contributed by atoms with Gasteiger partial charge in [0.05, 0.1) is 33.3 Å². The Bertz CT molecular complexity index is 3570. The molecule has 0 unspecified atom stereocenters. The highest BCUT2D eigenvalue weighted by Crippen LogP contribution is 2.43. The van der Waals surface area contributed by atoms with Gasteiger partial charge >= 0.3 is 0 Å². The van der Waals surface area contributed by atoms with Crippen LogP contribution in [0.15, 0.2) is 218 Å². The van der Waals surface area contributed by atoms with Crippen LogP contribution in [0.5, 0.6) is 0 Å². The highest BCUT2D eigenvalue weighted by Gasteiger charge is 2.21. The maximum atomic E-state index is 5.41. The number of hydrogen-bond donors (Lipinski definition) is 0. The van der Waals surface area contributed by atoms with Crippen molar-refractivity contribution in [2.75, 3.05) is 0 Å². The molecule has 0 N–H and O–H groups in total. The van der Waals surface area contributed by atoms with Gasteiger partial charge in [0.2, 0.25) is 0 Å².